The Morgan fingerprint density at radius 2 is 1.78 bits per heavy atom. The largest absolute Gasteiger partial charge is 0.497 e. The quantitative estimate of drug-likeness (QED) is 0.590. The Labute approximate surface area is 118 Å². The van der Waals surface area contributed by atoms with Gasteiger partial charge in [0.2, 0.25) is 0 Å². The van der Waals surface area contributed by atoms with Gasteiger partial charge in [0.05, 0.1) is 7.11 Å². The molecule has 0 aliphatic rings. The van der Waals surface area contributed by atoms with E-state index < -0.39 is 0 Å². The van der Waals surface area contributed by atoms with E-state index in [1.165, 1.54) is 0 Å². The predicted molar refractivity (Wildman–Crippen MR) is 78.9 cm³/mol. The molecule has 102 valence electrons. The molecule has 0 saturated heterocycles. The van der Waals surface area contributed by atoms with Crippen molar-refractivity contribution in [2.75, 3.05) is 25.6 Å². The van der Waals surface area contributed by atoms with Gasteiger partial charge in [0.1, 0.15) is 18.1 Å². The average molecular weight is 316 g/mol. The summed E-state index contributed by atoms with van der Waals surface area (Å²) in [6.45, 7) is 5.94. The van der Waals surface area contributed by atoms with Crippen LogP contribution in [0.2, 0.25) is 0 Å². The fraction of sp³-hybridized carbons (Fsp3) is 0.571. The first kappa shape index (κ1) is 15.3. The summed E-state index contributed by atoms with van der Waals surface area (Å²) in [5.41, 5.74) is 0. The second-order valence-electron chi connectivity index (χ2n) is 4.48. The van der Waals surface area contributed by atoms with Gasteiger partial charge in [0, 0.05) is 17.9 Å². The zero-order chi connectivity index (χ0) is 13.4. The molecule has 0 aliphatic carbocycles. The maximum absolute atomic E-state index is 5.65. The lowest BCUT2D eigenvalue weighted by atomic mass is 10.1. The van der Waals surface area contributed by atoms with Crippen molar-refractivity contribution >= 4 is 15.9 Å². The van der Waals surface area contributed by atoms with Crippen molar-refractivity contribution in [3.05, 3.63) is 24.3 Å². The van der Waals surface area contributed by atoms with Crippen molar-refractivity contribution in [1.82, 2.24) is 5.32 Å². The first-order chi connectivity index (χ1) is 8.67. The van der Waals surface area contributed by atoms with Crippen LogP contribution in [-0.2, 0) is 0 Å². The molecule has 1 N–H and O–H groups in total. The minimum Gasteiger partial charge on any atom is -0.497 e. The molecule has 0 saturated carbocycles. The third-order valence-electron chi connectivity index (χ3n) is 2.81. The van der Waals surface area contributed by atoms with Crippen LogP contribution in [0.1, 0.15) is 13.8 Å². The van der Waals surface area contributed by atoms with E-state index in [1.54, 1.807) is 7.11 Å². The van der Waals surface area contributed by atoms with E-state index in [0.717, 1.165) is 23.4 Å². The van der Waals surface area contributed by atoms with E-state index in [4.69, 9.17) is 9.47 Å². The van der Waals surface area contributed by atoms with Gasteiger partial charge in [0.15, 0.2) is 0 Å². The number of halogens is 1. The Morgan fingerprint density at radius 3 is 2.28 bits per heavy atom. The maximum atomic E-state index is 5.65. The summed E-state index contributed by atoms with van der Waals surface area (Å²) in [5, 5.41) is 4.43. The van der Waals surface area contributed by atoms with E-state index in [9.17, 15) is 0 Å². The molecule has 1 rings (SSSR count). The first-order valence-electron chi connectivity index (χ1n) is 6.23. The number of hydrogen-bond acceptors (Lipinski definition) is 3. The lowest BCUT2D eigenvalue weighted by molar-refractivity contribution is 0.297. The Balaban J connectivity index is 2.24. The molecule has 1 aromatic rings. The summed E-state index contributed by atoms with van der Waals surface area (Å²) in [4.78, 5) is 0. The number of alkyl halides is 1. The highest BCUT2D eigenvalue weighted by Crippen LogP contribution is 2.16. The molecule has 4 heteroatoms. The second kappa shape index (κ2) is 8.38. The van der Waals surface area contributed by atoms with E-state index in [1.807, 2.05) is 24.3 Å². The highest BCUT2D eigenvalue weighted by molar-refractivity contribution is 9.09. The number of benzene rings is 1. The summed E-state index contributed by atoms with van der Waals surface area (Å²) in [6.07, 6.45) is 0. The first-order valence-corrected chi connectivity index (χ1v) is 7.35. The Morgan fingerprint density at radius 1 is 1.17 bits per heavy atom. The average Bonchev–Trinajstić information content (AvgIpc) is 2.39. The molecule has 0 spiro atoms. The van der Waals surface area contributed by atoms with E-state index >= 15 is 0 Å². The van der Waals surface area contributed by atoms with Gasteiger partial charge in [-0.05, 0) is 30.2 Å². The zero-order valence-electron chi connectivity index (χ0n) is 11.3. The smallest absolute Gasteiger partial charge is 0.119 e. The lowest BCUT2D eigenvalue weighted by Gasteiger charge is -2.19. The van der Waals surface area contributed by atoms with Crippen molar-refractivity contribution in [3.8, 4) is 11.5 Å². The molecular formula is C14H22BrNO2. The molecule has 0 radical (unpaired) electrons. The Kier molecular flexibility index (Phi) is 7.13. The number of nitrogens with one attached hydrogen (secondary N) is 1. The molecule has 1 atom stereocenters. The predicted octanol–water partition coefficient (Wildman–Crippen LogP) is 3.08. The zero-order valence-corrected chi connectivity index (χ0v) is 12.9. The van der Waals surface area contributed by atoms with Gasteiger partial charge in [-0.3, -0.25) is 0 Å². The number of methoxy groups -OCH3 is 1. The summed E-state index contributed by atoms with van der Waals surface area (Å²) in [7, 11) is 1.66. The van der Waals surface area contributed by atoms with Crippen molar-refractivity contribution < 1.29 is 9.47 Å². The minimum atomic E-state index is 0.490. The summed E-state index contributed by atoms with van der Waals surface area (Å²) >= 11 is 3.51. The van der Waals surface area contributed by atoms with Crippen LogP contribution in [0.5, 0.6) is 11.5 Å². The molecule has 0 heterocycles. The van der Waals surface area contributed by atoms with Gasteiger partial charge < -0.3 is 14.8 Å². The summed E-state index contributed by atoms with van der Waals surface area (Å²) < 4.78 is 10.7. The Bertz CT molecular complexity index is 327. The third kappa shape index (κ3) is 5.27. The molecule has 3 nitrogen and oxygen atoms in total. The van der Waals surface area contributed by atoms with Gasteiger partial charge in [-0.1, -0.05) is 29.8 Å². The maximum Gasteiger partial charge on any atom is 0.119 e. The SMILES string of the molecule is COc1ccc(OCCNC(CBr)C(C)C)cc1. The molecular weight excluding hydrogens is 294 g/mol. The molecule has 1 aromatic carbocycles. The normalized spacial score (nSPS) is 12.5. The van der Waals surface area contributed by atoms with Crippen LogP contribution in [0, 0.1) is 5.92 Å². The summed E-state index contributed by atoms with van der Waals surface area (Å²) in [6, 6.07) is 8.13. The van der Waals surface area contributed by atoms with E-state index in [0.29, 0.717) is 18.6 Å². The lowest BCUT2D eigenvalue weighted by Crippen LogP contribution is -2.37. The van der Waals surface area contributed by atoms with Gasteiger partial charge in [-0.15, -0.1) is 0 Å². The Hall–Kier alpha value is -0.740. The van der Waals surface area contributed by atoms with Crippen LogP contribution in [0.3, 0.4) is 0 Å². The third-order valence-corrected chi connectivity index (χ3v) is 3.51. The molecule has 0 amide bonds. The number of ether oxygens (including phenoxy) is 2. The molecule has 1 unspecified atom stereocenters. The van der Waals surface area contributed by atoms with Crippen LogP contribution in [0.25, 0.3) is 0 Å². The van der Waals surface area contributed by atoms with Crippen LogP contribution in [0.4, 0.5) is 0 Å². The molecule has 0 fully saturated rings. The van der Waals surface area contributed by atoms with Crippen LogP contribution < -0.4 is 14.8 Å². The van der Waals surface area contributed by atoms with Crippen molar-refractivity contribution in [3.63, 3.8) is 0 Å². The van der Waals surface area contributed by atoms with Gasteiger partial charge in [-0.25, -0.2) is 0 Å². The van der Waals surface area contributed by atoms with Crippen molar-refractivity contribution in [2.45, 2.75) is 19.9 Å². The topological polar surface area (TPSA) is 30.5 Å². The van der Waals surface area contributed by atoms with Crippen LogP contribution >= 0.6 is 15.9 Å². The van der Waals surface area contributed by atoms with Gasteiger partial charge in [-0.2, -0.15) is 0 Å². The van der Waals surface area contributed by atoms with Crippen molar-refractivity contribution in [1.29, 1.82) is 0 Å². The summed E-state index contributed by atoms with van der Waals surface area (Å²) in [5.74, 6) is 2.34. The van der Waals surface area contributed by atoms with E-state index in [2.05, 4.69) is 35.1 Å². The van der Waals surface area contributed by atoms with Gasteiger partial charge >= 0.3 is 0 Å². The molecule has 0 aliphatic heterocycles. The fourth-order valence-corrected chi connectivity index (χ4v) is 2.53. The van der Waals surface area contributed by atoms with E-state index in [-0.39, 0.29) is 0 Å². The van der Waals surface area contributed by atoms with Crippen LogP contribution in [0.15, 0.2) is 24.3 Å². The highest BCUT2D eigenvalue weighted by Gasteiger charge is 2.09. The molecule has 18 heavy (non-hydrogen) atoms. The second-order valence-corrected chi connectivity index (χ2v) is 5.13. The monoisotopic (exact) mass is 315 g/mol. The van der Waals surface area contributed by atoms with Crippen LogP contribution in [-0.4, -0.2) is 31.6 Å². The van der Waals surface area contributed by atoms with Crippen molar-refractivity contribution in [2.24, 2.45) is 5.92 Å². The number of hydrogen-bond donors (Lipinski definition) is 1. The fourth-order valence-electron chi connectivity index (χ4n) is 1.55. The molecule has 0 bridgehead atoms. The number of rotatable bonds is 8. The minimum absolute atomic E-state index is 0.490. The van der Waals surface area contributed by atoms with Gasteiger partial charge in [0.25, 0.3) is 0 Å². The highest BCUT2D eigenvalue weighted by atomic mass is 79.9. The standard InChI is InChI=1S/C14H22BrNO2/c1-11(2)14(10-15)16-8-9-18-13-6-4-12(17-3)5-7-13/h4-7,11,14,16H,8-10H2,1-3H3. The molecule has 0 aromatic heterocycles.